The van der Waals surface area contributed by atoms with Crippen molar-refractivity contribution in [1.82, 2.24) is 19.5 Å². The lowest BCUT2D eigenvalue weighted by atomic mass is 9.76. The molecule has 0 unspecified atom stereocenters. The third-order valence-corrected chi connectivity index (χ3v) is 7.86. The maximum Gasteiger partial charge on any atom is 0.215 e. The fourth-order valence-corrected chi connectivity index (χ4v) is 6.02. The quantitative estimate of drug-likeness (QED) is 0.158. The van der Waals surface area contributed by atoms with Crippen LogP contribution >= 0.6 is 0 Å². The number of nitrogens with zero attached hydrogens (tertiary/aromatic N) is 5. The lowest BCUT2D eigenvalue weighted by Gasteiger charge is -2.38. The number of fused-ring (bicyclic) bond motifs is 3. The average Bonchev–Trinajstić information content (AvgIpc) is 3.37. The van der Waals surface area contributed by atoms with Crippen molar-refractivity contribution in [3.8, 4) is 11.3 Å². The molecule has 0 amide bonds. The molecule has 42 heavy (non-hydrogen) atoms. The van der Waals surface area contributed by atoms with Crippen LogP contribution < -0.4 is 4.90 Å². The van der Waals surface area contributed by atoms with E-state index in [-0.39, 0.29) is 0 Å². The van der Waals surface area contributed by atoms with Gasteiger partial charge in [-0.2, -0.15) is 4.39 Å². The molecule has 0 saturated heterocycles. The molecule has 0 aliphatic rings. The molecule has 0 N–H and O–H groups in total. The van der Waals surface area contributed by atoms with Gasteiger partial charge in [-0.05, 0) is 41.0 Å². The van der Waals surface area contributed by atoms with Crippen LogP contribution in [0.15, 0.2) is 134 Å². The molecule has 0 aliphatic carbocycles. The zero-order chi connectivity index (χ0) is 28.7. The first-order valence-electron chi connectivity index (χ1n) is 13.8. The van der Waals surface area contributed by atoms with Crippen molar-refractivity contribution in [2.75, 3.05) is 19.0 Å². The topological polar surface area (TPSA) is 46.8 Å². The first kappa shape index (κ1) is 25.6. The minimum absolute atomic E-state index is 0.531. The Labute approximate surface area is 243 Å². The van der Waals surface area contributed by atoms with Crippen molar-refractivity contribution in [2.24, 2.45) is 0 Å². The monoisotopic (exact) mass is 549 g/mol. The SMILES string of the molecule is CN(C)c1cc(-c2ccc3c4cnccc4n(C(c4ccccc4)(c4ccccc4)c4ccccc4)c3n2)cc(F)n1. The Kier molecular flexibility index (Phi) is 6.24. The van der Waals surface area contributed by atoms with Gasteiger partial charge in [0, 0.05) is 48.9 Å². The van der Waals surface area contributed by atoms with Gasteiger partial charge in [0.05, 0.1) is 11.2 Å². The number of aromatic nitrogens is 4. The van der Waals surface area contributed by atoms with Gasteiger partial charge in [0.25, 0.3) is 0 Å². The zero-order valence-electron chi connectivity index (χ0n) is 23.3. The summed E-state index contributed by atoms with van der Waals surface area (Å²) >= 11 is 0. The Bertz CT molecular complexity index is 1920. The number of pyridine rings is 3. The van der Waals surface area contributed by atoms with Gasteiger partial charge in [-0.25, -0.2) is 9.97 Å². The van der Waals surface area contributed by atoms with E-state index in [1.54, 1.807) is 4.90 Å². The maximum atomic E-state index is 14.7. The minimum atomic E-state index is -0.783. The second-order valence-electron chi connectivity index (χ2n) is 10.5. The molecule has 0 spiro atoms. The number of hydrogen-bond acceptors (Lipinski definition) is 4. The van der Waals surface area contributed by atoms with Crippen molar-refractivity contribution in [3.63, 3.8) is 0 Å². The standard InChI is InChI=1S/C36H28FN5/c1-41(2)34-23-25(22-33(37)40-34)31-19-18-29-30-24-38-21-20-32(30)42(35(29)39-31)36(26-12-6-3-7-13-26,27-14-8-4-9-15-27)28-16-10-5-11-17-28/h3-24H,1-2H3. The van der Waals surface area contributed by atoms with E-state index in [0.717, 1.165) is 38.6 Å². The van der Waals surface area contributed by atoms with Crippen molar-refractivity contribution in [3.05, 3.63) is 156 Å². The van der Waals surface area contributed by atoms with Crippen LogP contribution in [0.4, 0.5) is 10.2 Å². The van der Waals surface area contributed by atoms with E-state index in [2.05, 4.69) is 99.5 Å². The molecular formula is C36H28FN5. The van der Waals surface area contributed by atoms with E-state index >= 15 is 0 Å². The number of hydrogen-bond donors (Lipinski definition) is 0. The molecule has 204 valence electrons. The van der Waals surface area contributed by atoms with Crippen molar-refractivity contribution >= 4 is 27.8 Å². The van der Waals surface area contributed by atoms with Gasteiger partial charge in [-0.15, -0.1) is 0 Å². The number of rotatable bonds is 6. The van der Waals surface area contributed by atoms with E-state index in [1.807, 2.05) is 56.8 Å². The lowest BCUT2D eigenvalue weighted by molar-refractivity contribution is 0.546. The second kappa shape index (κ2) is 10.2. The van der Waals surface area contributed by atoms with E-state index in [0.29, 0.717) is 17.1 Å². The van der Waals surface area contributed by atoms with Crippen LogP contribution in [0, 0.1) is 5.95 Å². The minimum Gasteiger partial charge on any atom is -0.363 e. The largest absolute Gasteiger partial charge is 0.363 e. The lowest BCUT2D eigenvalue weighted by Crippen LogP contribution is -2.37. The van der Waals surface area contributed by atoms with Gasteiger partial charge in [0.2, 0.25) is 5.95 Å². The zero-order valence-corrected chi connectivity index (χ0v) is 23.3. The average molecular weight is 550 g/mol. The van der Waals surface area contributed by atoms with Crippen LogP contribution in [0.1, 0.15) is 16.7 Å². The Morgan fingerprint density at radius 1 is 0.667 bits per heavy atom. The number of benzene rings is 3. The Morgan fingerprint density at radius 3 is 1.83 bits per heavy atom. The summed E-state index contributed by atoms with van der Waals surface area (Å²) in [5.74, 6) is -0.0149. The molecule has 0 bridgehead atoms. The van der Waals surface area contributed by atoms with Gasteiger partial charge in [-0.1, -0.05) is 91.0 Å². The van der Waals surface area contributed by atoms with Crippen LogP contribution in [0.2, 0.25) is 0 Å². The molecule has 6 heteroatoms. The number of anilines is 1. The second-order valence-corrected chi connectivity index (χ2v) is 10.5. The van der Waals surface area contributed by atoms with Crippen molar-refractivity contribution < 1.29 is 4.39 Å². The molecule has 3 aromatic carbocycles. The molecule has 5 nitrogen and oxygen atoms in total. The molecule has 4 aromatic heterocycles. The molecule has 7 aromatic rings. The summed E-state index contributed by atoms with van der Waals surface area (Å²) in [5, 5.41) is 1.96. The fourth-order valence-electron chi connectivity index (χ4n) is 6.02. The molecule has 7 rings (SSSR count). The smallest absolute Gasteiger partial charge is 0.215 e. The summed E-state index contributed by atoms with van der Waals surface area (Å²) in [6.07, 6.45) is 3.73. The fraction of sp³-hybridized carbons (Fsp3) is 0.0833. The molecule has 0 saturated carbocycles. The van der Waals surface area contributed by atoms with Gasteiger partial charge in [-0.3, -0.25) is 4.98 Å². The normalized spacial score (nSPS) is 11.7. The van der Waals surface area contributed by atoms with Gasteiger partial charge >= 0.3 is 0 Å². The summed E-state index contributed by atoms with van der Waals surface area (Å²) < 4.78 is 17.0. The Morgan fingerprint density at radius 2 is 1.26 bits per heavy atom. The molecule has 0 radical (unpaired) electrons. The summed E-state index contributed by atoms with van der Waals surface area (Å²) in [6, 6.07) is 41.0. The summed E-state index contributed by atoms with van der Waals surface area (Å²) in [7, 11) is 3.70. The van der Waals surface area contributed by atoms with Crippen LogP contribution in [0.3, 0.4) is 0 Å². The highest BCUT2D eigenvalue weighted by Gasteiger charge is 2.41. The molecule has 0 atom stereocenters. The van der Waals surface area contributed by atoms with E-state index < -0.39 is 11.5 Å². The molecule has 0 aliphatic heterocycles. The van der Waals surface area contributed by atoms with E-state index in [9.17, 15) is 4.39 Å². The highest BCUT2D eigenvalue weighted by atomic mass is 19.1. The molecule has 4 heterocycles. The number of halogens is 1. The molecule has 0 fully saturated rings. The summed E-state index contributed by atoms with van der Waals surface area (Å²) in [4.78, 5) is 15.6. The maximum absolute atomic E-state index is 14.7. The highest BCUT2D eigenvalue weighted by molar-refractivity contribution is 6.07. The van der Waals surface area contributed by atoms with E-state index in [4.69, 9.17) is 4.98 Å². The molecular weight excluding hydrogens is 521 g/mol. The van der Waals surface area contributed by atoms with Gasteiger partial charge < -0.3 is 9.47 Å². The third kappa shape index (κ3) is 4.03. The van der Waals surface area contributed by atoms with Crippen LogP contribution in [-0.4, -0.2) is 33.6 Å². The summed E-state index contributed by atoms with van der Waals surface area (Å²) in [5.41, 5.74) is 5.58. The predicted molar refractivity (Wildman–Crippen MR) is 167 cm³/mol. The predicted octanol–water partition coefficient (Wildman–Crippen LogP) is 7.69. The summed E-state index contributed by atoms with van der Waals surface area (Å²) in [6.45, 7) is 0. The van der Waals surface area contributed by atoms with Crippen molar-refractivity contribution in [2.45, 2.75) is 5.54 Å². The Balaban J connectivity index is 1.66. The first-order valence-corrected chi connectivity index (χ1v) is 13.8. The first-order chi connectivity index (χ1) is 20.6. The van der Waals surface area contributed by atoms with Gasteiger partial charge in [0.15, 0.2) is 0 Å². The highest BCUT2D eigenvalue weighted by Crippen LogP contribution is 2.46. The van der Waals surface area contributed by atoms with Crippen molar-refractivity contribution in [1.29, 1.82) is 0 Å². The van der Waals surface area contributed by atoms with Crippen LogP contribution in [0.25, 0.3) is 33.2 Å². The van der Waals surface area contributed by atoms with Crippen LogP contribution in [-0.2, 0) is 5.54 Å². The van der Waals surface area contributed by atoms with Gasteiger partial charge in [0.1, 0.15) is 17.0 Å². The van der Waals surface area contributed by atoms with Crippen LogP contribution in [0.5, 0.6) is 0 Å². The van der Waals surface area contributed by atoms with E-state index in [1.165, 1.54) is 6.07 Å². The Hall–Kier alpha value is -5.36. The third-order valence-electron chi connectivity index (χ3n) is 7.86.